The molecule has 3 nitrogen and oxygen atoms in total. The molecule has 2 unspecified atom stereocenters. The Bertz CT molecular complexity index is 524. The third-order valence-electron chi connectivity index (χ3n) is 5.93. The first-order chi connectivity index (χ1) is 10.3. The van der Waals surface area contributed by atoms with Crippen molar-refractivity contribution in [3.8, 4) is 0 Å². The molecule has 3 aliphatic rings. The molecule has 0 aromatic heterocycles. The second kappa shape index (κ2) is 5.38. The molecule has 2 aliphatic carbocycles. The number of hydrogen-bond donors (Lipinski definition) is 2. The van der Waals surface area contributed by atoms with Crippen molar-refractivity contribution in [1.82, 2.24) is 5.43 Å². The highest BCUT2D eigenvalue weighted by molar-refractivity contribution is 5.36. The van der Waals surface area contributed by atoms with Crippen molar-refractivity contribution < 1.29 is 4.74 Å². The molecule has 0 amide bonds. The summed E-state index contributed by atoms with van der Waals surface area (Å²) in [5.41, 5.74) is 7.75. The molecule has 1 heterocycles. The Kier molecular flexibility index (Phi) is 3.52. The summed E-state index contributed by atoms with van der Waals surface area (Å²) in [4.78, 5) is 0. The average molecular weight is 286 g/mol. The van der Waals surface area contributed by atoms with E-state index in [1.165, 1.54) is 61.6 Å². The van der Waals surface area contributed by atoms with Crippen LogP contribution in [0.3, 0.4) is 0 Å². The molecule has 3 N–H and O–H groups in total. The van der Waals surface area contributed by atoms with E-state index < -0.39 is 0 Å². The molecule has 3 heteroatoms. The highest BCUT2D eigenvalue weighted by Crippen LogP contribution is 2.47. The van der Waals surface area contributed by atoms with Gasteiger partial charge in [-0.15, -0.1) is 0 Å². The molecule has 0 radical (unpaired) electrons. The summed E-state index contributed by atoms with van der Waals surface area (Å²) in [5.74, 6) is 6.54. The van der Waals surface area contributed by atoms with Crippen LogP contribution in [0.2, 0.25) is 0 Å². The predicted octanol–water partition coefficient (Wildman–Crippen LogP) is 3.03. The average Bonchev–Trinajstić information content (AvgIpc) is 2.94. The van der Waals surface area contributed by atoms with Crippen LogP contribution in [0.4, 0.5) is 0 Å². The van der Waals surface area contributed by atoms with Crippen LogP contribution < -0.4 is 11.3 Å². The molecule has 21 heavy (non-hydrogen) atoms. The molecule has 1 saturated carbocycles. The van der Waals surface area contributed by atoms with Gasteiger partial charge in [-0.05, 0) is 74.0 Å². The lowest BCUT2D eigenvalue weighted by Crippen LogP contribution is -2.48. The number of aryl methyl sites for hydroxylation is 2. The molecule has 1 saturated heterocycles. The number of nitrogens with one attached hydrogen (secondary N) is 1. The highest BCUT2D eigenvalue weighted by Gasteiger charge is 2.44. The number of rotatable bonds is 3. The number of hydrazine groups is 1. The van der Waals surface area contributed by atoms with Crippen molar-refractivity contribution in [3.63, 3.8) is 0 Å². The van der Waals surface area contributed by atoms with Crippen LogP contribution in [0.5, 0.6) is 0 Å². The van der Waals surface area contributed by atoms with E-state index in [4.69, 9.17) is 10.6 Å². The Morgan fingerprint density at radius 2 is 2.05 bits per heavy atom. The number of benzene rings is 1. The number of ether oxygens (including phenoxy) is 1. The highest BCUT2D eigenvalue weighted by atomic mass is 16.5. The van der Waals surface area contributed by atoms with Gasteiger partial charge in [0.1, 0.15) is 0 Å². The monoisotopic (exact) mass is 286 g/mol. The molecular formula is C18H26N2O. The second-order valence-corrected chi connectivity index (χ2v) is 7.16. The maximum atomic E-state index is 6.07. The van der Waals surface area contributed by atoms with Gasteiger partial charge in [-0.1, -0.05) is 18.2 Å². The van der Waals surface area contributed by atoms with E-state index in [9.17, 15) is 0 Å². The zero-order valence-corrected chi connectivity index (χ0v) is 12.7. The maximum Gasteiger partial charge on any atom is 0.0686 e. The van der Waals surface area contributed by atoms with Gasteiger partial charge in [-0.2, -0.15) is 0 Å². The largest absolute Gasteiger partial charge is 0.375 e. The van der Waals surface area contributed by atoms with Crippen molar-refractivity contribution in [3.05, 3.63) is 34.9 Å². The van der Waals surface area contributed by atoms with Crippen molar-refractivity contribution in [2.24, 2.45) is 11.8 Å². The van der Waals surface area contributed by atoms with Crippen LogP contribution in [0.15, 0.2) is 18.2 Å². The van der Waals surface area contributed by atoms with Gasteiger partial charge in [-0.25, -0.2) is 0 Å². The van der Waals surface area contributed by atoms with Crippen LogP contribution in [-0.2, 0) is 17.6 Å². The van der Waals surface area contributed by atoms with Crippen molar-refractivity contribution >= 4 is 0 Å². The van der Waals surface area contributed by atoms with Gasteiger partial charge in [0, 0.05) is 12.6 Å². The predicted molar refractivity (Wildman–Crippen MR) is 83.8 cm³/mol. The molecule has 2 fully saturated rings. The number of nitrogens with two attached hydrogens (primary N) is 1. The van der Waals surface area contributed by atoms with E-state index in [0.717, 1.165) is 13.0 Å². The quantitative estimate of drug-likeness (QED) is 0.663. The van der Waals surface area contributed by atoms with E-state index in [-0.39, 0.29) is 11.6 Å². The topological polar surface area (TPSA) is 47.3 Å². The third-order valence-corrected chi connectivity index (χ3v) is 5.93. The first-order valence-corrected chi connectivity index (χ1v) is 8.51. The summed E-state index contributed by atoms with van der Waals surface area (Å²) in [6.45, 7) is 0.897. The first-order valence-electron chi connectivity index (χ1n) is 8.51. The Morgan fingerprint density at radius 1 is 1.19 bits per heavy atom. The molecule has 1 aliphatic heterocycles. The van der Waals surface area contributed by atoms with E-state index in [1.807, 2.05) is 0 Å². The zero-order valence-electron chi connectivity index (χ0n) is 12.7. The smallest absolute Gasteiger partial charge is 0.0686 e. The van der Waals surface area contributed by atoms with Gasteiger partial charge in [0.25, 0.3) is 0 Å². The number of hydrogen-bond acceptors (Lipinski definition) is 3. The van der Waals surface area contributed by atoms with Crippen LogP contribution in [0.1, 0.15) is 61.3 Å². The fraction of sp³-hybridized carbons (Fsp3) is 0.667. The summed E-state index contributed by atoms with van der Waals surface area (Å²) in [6, 6.07) is 7.28. The summed E-state index contributed by atoms with van der Waals surface area (Å²) in [5, 5.41) is 0. The van der Waals surface area contributed by atoms with Gasteiger partial charge in [0.15, 0.2) is 0 Å². The fourth-order valence-corrected chi connectivity index (χ4v) is 4.56. The fourth-order valence-electron chi connectivity index (χ4n) is 4.56. The van der Waals surface area contributed by atoms with E-state index >= 15 is 0 Å². The lowest BCUT2D eigenvalue weighted by molar-refractivity contribution is -0.147. The van der Waals surface area contributed by atoms with E-state index in [1.54, 1.807) is 0 Å². The van der Waals surface area contributed by atoms with Crippen LogP contribution >= 0.6 is 0 Å². The van der Waals surface area contributed by atoms with Crippen LogP contribution in [-0.4, -0.2) is 12.2 Å². The van der Waals surface area contributed by atoms with Gasteiger partial charge < -0.3 is 4.74 Å². The van der Waals surface area contributed by atoms with E-state index in [0.29, 0.717) is 5.92 Å². The van der Waals surface area contributed by atoms with Gasteiger partial charge in [-0.3, -0.25) is 11.3 Å². The maximum absolute atomic E-state index is 6.07. The summed E-state index contributed by atoms with van der Waals surface area (Å²) >= 11 is 0. The SMILES string of the molecule is NNC(c1ccc2c(c1)CCC2)C1CCOC2(CCC2)C1. The summed E-state index contributed by atoms with van der Waals surface area (Å²) in [7, 11) is 0. The molecule has 114 valence electrons. The molecule has 1 aromatic rings. The van der Waals surface area contributed by atoms with Crippen molar-refractivity contribution in [2.75, 3.05) is 6.61 Å². The van der Waals surface area contributed by atoms with E-state index in [2.05, 4.69) is 23.6 Å². The van der Waals surface area contributed by atoms with Crippen LogP contribution in [0.25, 0.3) is 0 Å². The van der Waals surface area contributed by atoms with Crippen LogP contribution in [0, 0.1) is 5.92 Å². The Morgan fingerprint density at radius 3 is 2.81 bits per heavy atom. The summed E-state index contributed by atoms with van der Waals surface area (Å²) < 4.78 is 6.07. The number of fused-ring (bicyclic) bond motifs is 1. The standard InChI is InChI=1S/C18H26N2O/c19-20-17(15-6-5-13-3-1-4-14(13)11-15)16-7-10-21-18(12-16)8-2-9-18/h5-6,11,16-17,20H,1-4,7-10,12,19H2. The van der Waals surface area contributed by atoms with Gasteiger partial charge in [0.2, 0.25) is 0 Å². The lowest BCUT2D eigenvalue weighted by atomic mass is 9.69. The molecule has 2 atom stereocenters. The Hall–Kier alpha value is -0.900. The molecular weight excluding hydrogens is 260 g/mol. The minimum Gasteiger partial charge on any atom is -0.375 e. The third kappa shape index (κ3) is 2.41. The molecule has 1 spiro atoms. The van der Waals surface area contributed by atoms with Crippen molar-refractivity contribution in [2.45, 2.75) is 63.0 Å². The van der Waals surface area contributed by atoms with Gasteiger partial charge in [0.05, 0.1) is 5.60 Å². The second-order valence-electron chi connectivity index (χ2n) is 7.16. The Balaban J connectivity index is 1.56. The lowest BCUT2D eigenvalue weighted by Gasteiger charge is -2.48. The minimum absolute atomic E-state index is 0.189. The Labute approximate surface area is 127 Å². The van der Waals surface area contributed by atoms with Crippen molar-refractivity contribution in [1.29, 1.82) is 0 Å². The van der Waals surface area contributed by atoms with Gasteiger partial charge >= 0.3 is 0 Å². The normalized spacial score (nSPS) is 28.1. The molecule has 4 rings (SSSR count). The first kappa shape index (κ1) is 13.7. The summed E-state index contributed by atoms with van der Waals surface area (Å²) in [6.07, 6.45) is 9.88. The minimum atomic E-state index is 0.189. The molecule has 0 bridgehead atoms. The zero-order chi connectivity index (χ0) is 14.3. The molecule has 1 aromatic carbocycles.